The zero-order valence-corrected chi connectivity index (χ0v) is 18.5. The average Bonchev–Trinajstić information content (AvgIpc) is 3.57. The minimum Gasteiger partial charge on any atom is -0.493 e. The molecule has 1 aromatic heterocycles. The second kappa shape index (κ2) is 7.72. The SMILES string of the molecule is Cc1cc([C@@](C)(CS(C)(=O)=O)NC(=O)c2ccc(C3CC3)c(OCC3CC3)c2)n[nH]1. The maximum Gasteiger partial charge on any atom is 0.252 e. The number of carbonyl (C=O) groups is 1. The Morgan fingerprint density at radius 1 is 1.27 bits per heavy atom. The molecule has 2 aliphatic carbocycles. The first kappa shape index (κ1) is 20.9. The van der Waals surface area contributed by atoms with Crippen molar-refractivity contribution in [2.24, 2.45) is 5.92 Å². The minimum atomic E-state index is -3.37. The van der Waals surface area contributed by atoms with Gasteiger partial charge < -0.3 is 10.1 Å². The fourth-order valence-electron chi connectivity index (χ4n) is 3.75. The summed E-state index contributed by atoms with van der Waals surface area (Å²) in [6, 6.07) is 7.32. The van der Waals surface area contributed by atoms with Crippen molar-refractivity contribution in [3.05, 3.63) is 46.8 Å². The van der Waals surface area contributed by atoms with Crippen LogP contribution in [0.25, 0.3) is 0 Å². The Morgan fingerprint density at radius 3 is 2.57 bits per heavy atom. The molecule has 2 fully saturated rings. The van der Waals surface area contributed by atoms with Crippen molar-refractivity contribution < 1.29 is 17.9 Å². The van der Waals surface area contributed by atoms with Crippen LogP contribution in [0.4, 0.5) is 0 Å². The number of rotatable bonds is 9. The number of aryl methyl sites for hydroxylation is 1. The molecular formula is C22H29N3O4S. The predicted molar refractivity (Wildman–Crippen MR) is 114 cm³/mol. The number of nitrogens with one attached hydrogen (secondary N) is 2. The lowest BCUT2D eigenvalue weighted by Gasteiger charge is -2.28. The molecule has 4 rings (SSSR count). The molecule has 0 unspecified atom stereocenters. The molecule has 1 amide bonds. The molecule has 1 atom stereocenters. The second-order valence-corrected chi connectivity index (χ2v) is 11.2. The molecular weight excluding hydrogens is 402 g/mol. The zero-order chi connectivity index (χ0) is 21.5. The molecule has 0 bridgehead atoms. The van der Waals surface area contributed by atoms with Crippen molar-refractivity contribution in [3.63, 3.8) is 0 Å². The van der Waals surface area contributed by atoms with E-state index in [2.05, 4.69) is 15.5 Å². The molecule has 2 aromatic rings. The zero-order valence-electron chi connectivity index (χ0n) is 17.7. The molecule has 8 heteroatoms. The van der Waals surface area contributed by atoms with Gasteiger partial charge in [-0.25, -0.2) is 8.42 Å². The van der Waals surface area contributed by atoms with Gasteiger partial charge in [0.15, 0.2) is 0 Å². The summed E-state index contributed by atoms with van der Waals surface area (Å²) in [5.74, 6) is 1.31. The number of nitrogens with zero attached hydrogens (tertiary/aromatic N) is 1. The maximum absolute atomic E-state index is 13.1. The Kier molecular flexibility index (Phi) is 5.38. The Bertz CT molecular complexity index is 1050. The van der Waals surface area contributed by atoms with Gasteiger partial charge in [-0.3, -0.25) is 9.89 Å². The van der Waals surface area contributed by atoms with Gasteiger partial charge in [0.25, 0.3) is 5.91 Å². The van der Waals surface area contributed by atoms with Crippen LogP contribution >= 0.6 is 0 Å². The van der Waals surface area contributed by atoms with Gasteiger partial charge in [0, 0.05) is 17.5 Å². The largest absolute Gasteiger partial charge is 0.493 e. The monoisotopic (exact) mass is 431 g/mol. The molecule has 1 heterocycles. The van der Waals surface area contributed by atoms with Crippen molar-refractivity contribution >= 4 is 15.7 Å². The normalized spacial score (nSPS) is 18.6. The fourth-order valence-corrected chi connectivity index (χ4v) is 5.02. The lowest BCUT2D eigenvalue weighted by Crippen LogP contribution is -2.48. The van der Waals surface area contributed by atoms with Crippen LogP contribution in [0.15, 0.2) is 24.3 Å². The number of aromatic amines is 1. The van der Waals surface area contributed by atoms with Gasteiger partial charge >= 0.3 is 0 Å². The molecule has 1 aromatic carbocycles. The van der Waals surface area contributed by atoms with E-state index in [-0.39, 0.29) is 11.7 Å². The summed E-state index contributed by atoms with van der Waals surface area (Å²) < 4.78 is 30.2. The first-order valence-corrected chi connectivity index (χ1v) is 12.5. The highest BCUT2D eigenvalue weighted by Gasteiger charge is 2.36. The quantitative estimate of drug-likeness (QED) is 0.635. The van der Waals surface area contributed by atoms with E-state index in [1.807, 2.05) is 13.0 Å². The van der Waals surface area contributed by atoms with Gasteiger partial charge in [-0.15, -0.1) is 0 Å². The summed E-state index contributed by atoms with van der Waals surface area (Å²) in [5.41, 5.74) is 1.74. The summed E-state index contributed by atoms with van der Waals surface area (Å²) in [5, 5.41) is 9.94. The number of benzene rings is 1. The molecule has 7 nitrogen and oxygen atoms in total. The van der Waals surface area contributed by atoms with Gasteiger partial charge in [-0.05, 0) is 75.1 Å². The standard InChI is InChI=1S/C22H29N3O4S/c1-14-10-20(25-24-14)22(2,13-30(3,27)28)23-21(26)17-8-9-18(16-6-7-16)19(11-17)29-12-15-4-5-15/h8-11,15-16H,4-7,12-13H2,1-3H3,(H,23,26)(H,24,25)/t22-/m1/s1. The van der Waals surface area contributed by atoms with Crippen molar-refractivity contribution in [2.45, 2.75) is 51.0 Å². The summed E-state index contributed by atoms with van der Waals surface area (Å²) in [7, 11) is -3.37. The number of sulfone groups is 1. The van der Waals surface area contributed by atoms with E-state index >= 15 is 0 Å². The predicted octanol–water partition coefficient (Wildman–Crippen LogP) is 3.07. The topological polar surface area (TPSA) is 101 Å². The highest BCUT2D eigenvalue weighted by molar-refractivity contribution is 7.90. The first-order chi connectivity index (χ1) is 14.1. The molecule has 2 saturated carbocycles. The summed E-state index contributed by atoms with van der Waals surface area (Å²) in [6.45, 7) is 4.20. The van der Waals surface area contributed by atoms with Crippen LogP contribution in [-0.4, -0.2) is 43.1 Å². The van der Waals surface area contributed by atoms with E-state index in [1.165, 1.54) is 12.8 Å². The molecule has 162 valence electrons. The Labute approximate surface area is 177 Å². The molecule has 2 aliphatic rings. The summed E-state index contributed by atoms with van der Waals surface area (Å²) in [6.07, 6.45) is 5.86. The summed E-state index contributed by atoms with van der Waals surface area (Å²) in [4.78, 5) is 13.1. The highest BCUT2D eigenvalue weighted by atomic mass is 32.2. The van der Waals surface area contributed by atoms with Gasteiger partial charge in [-0.2, -0.15) is 5.10 Å². The van der Waals surface area contributed by atoms with Crippen LogP contribution in [0.3, 0.4) is 0 Å². The fraction of sp³-hybridized carbons (Fsp3) is 0.545. The van der Waals surface area contributed by atoms with Crippen LogP contribution in [-0.2, 0) is 15.4 Å². The average molecular weight is 432 g/mol. The van der Waals surface area contributed by atoms with Crippen LogP contribution in [0.5, 0.6) is 5.75 Å². The van der Waals surface area contributed by atoms with Crippen LogP contribution in [0.1, 0.15) is 65.8 Å². The van der Waals surface area contributed by atoms with E-state index < -0.39 is 15.4 Å². The van der Waals surface area contributed by atoms with Crippen molar-refractivity contribution in [1.29, 1.82) is 0 Å². The number of hydrogen-bond acceptors (Lipinski definition) is 5. The van der Waals surface area contributed by atoms with Gasteiger partial charge in [0.2, 0.25) is 0 Å². The van der Waals surface area contributed by atoms with Crippen LogP contribution in [0, 0.1) is 12.8 Å². The van der Waals surface area contributed by atoms with Crippen molar-refractivity contribution in [3.8, 4) is 5.75 Å². The Balaban J connectivity index is 1.59. The van der Waals surface area contributed by atoms with E-state index in [4.69, 9.17) is 4.74 Å². The second-order valence-electron chi connectivity index (χ2n) is 9.07. The molecule has 30 heavy (non-hydrogen) atoms. The molecule has 0 radical (unpaired) electrons. The van der Waals surface area contributed by atoms with Crippen molar-refractivity contribution in [2.75, 3.05) is 18.6 Å². The summed E-state index contributed by atoms with van der Waals surface area (Å²) >= 11 is 0. The minimum absolute atomic E-state index is 0.249. The number of amides is 1. The van der Waals surface area contributed by atoms with Gasteiger partial charge in [-0.1, -0.05) is 6.07 Å². The third-order valence-corrected chi connectivity index (χ3v) is 6.78. The Morgan fingerprint density at radius 2 is 2.00 bits per heavy atom. The smallest absolute Gasteiger partial charge is 0.252 e. The molecule has 2 N–H and O–H groups in total. The number of hydrogen-bond donors (Lipinski definition) is 2. The molecule has 0 spiro atoms. The Hall–Kier alpha value is -2.35. The number of carbonyl (C=O) groups excluding carboxylic acids is 1. The third kappa shape index (κ3) is 5.03. The van der Waals surface area contributed by atoms with Gasteiger partial charge in [0.05, 0.1) is 23.6 Å². The van der Waals surface area contributed by atoms with E-state index in [9.17, 15) is 13.2 Å². The lowest BCUT2D eigenvalue weighted by molar-refractivity contribution is 0.0911. The number of H-pyrrole nitrogens is 1. The lowest BCUT2D eigenvalue weighted by atomic mass is 9.98. The molecule has 0 aliphatic heterocycles. The molecule has 0 saturated heterocycles. The van der Waals surface area contributed by atoms with Gasteiger partial charge in [0.1, 0.15) is 15.6 Å². The first-order valence-electron chi connectivity index (χ1n) is 10.4. The van der Waals surface area contributed by atoms with E-state index in [0.29, 0.717) is 29.7 Å². The highest BCUT2D eigenvalue weighted by Crippen LogP contribution is 2.45. The number of ether oxygens (including phenoxy) is 1. The van der Waals surface area contributed by atoms with Crippen LogP contribution < -0.4 is 10.1 Å². The maximum atomic E-state index is 13.1. The van der Waals surface area contributed by atoms with E-state index in [0.717, 1.165) is 36.1 Å². The van der Waals surface area contributed by atoms with Crippen LogP contribution in [0.2, 0.25) is 0 Å². The van der Waals surface area contributed by atoms with E-state index in [1.54, 1.807) is 25.1 Å². The third-order valence-electron chi connectivity index (χ3n) is 5.68. The van der Waals surface area contributed by atoms with Crippen molar-refractivity contribution in [1.82, 2.24) is 15.5 Å². The number of aromatic nitrogens is 2.